The van der Waals surface area contributed by atoms with E-state index in [2.05, 4.69) is 25.8 Å². The number of aromatic amines is 1. The van der Waals surface area contributed by atoms with Gasteiger partial charge in [0.1, 0.15) is 0 Å². The Hall–Kier alpha value is -3.85. The molecule has 3 N–H and O–H groups in total. The molecular formula is C21H20ClN5O4. The Labute approximate surface area is 183 Å². The van der Waals surface area contributed by atoms with Crippen LogP contribution < -0.4 is 25.8 Å². The van der Waals surface area contributed by atoms with Gasteiger partial charge in [0.25, 0.3) is 11.5 Å². The van der Waals surface area contributed by atoms with Gasteiger partial charge in [-0.15, -0.1) is 0 Å². The molecule has 0 spiro atoms. The molecule has 0 saturated carbocycles. The maximum atomic E-state index is 12.1. The van der Waals surface area contributed by atoms with Gasteiger partial charge >= 0.3 is 0 Å². The lowest BCUT2D eigenvalue weighted by molar-refractivity contribution is -0.118. The highest BCUT2D eigenvalue weighted by atomic mass is 35.5. The Morgan fingerprint density at radius 3 is 2.81 bits per heavy atom. The molecule has 0 saturated heterocycles. The molecule has 160 valence electrons. The number of aryl methyl sites for hydroxylation is 1. The summed E-state index contributed by atoms with van der Waals surface area (Å²) in [6, 6.07) is 13.3. The first-order valence-electron chi connectivity index (χ1n) is 9.16. The van der Waals surface area contributed by atoms with Crippen LogP contribution in [-0.2, 0) is 4.79 Å². The predicted octanol–water partition coefficient (Wildman–Crippen LogP) is 3.20. The summed E-state index contributed by atoms with van der Waals surface area (Å²) in [5, 5.41) is 7.28. The fraction of sp³-hybridized carbons (Fsp3) is 0.143. The van der Waals surface area contributed by atoms with Gasteiger partial charge in [-0.2, -0.15) is 5.10 Å². The maximum absolute atomic E-state index is 12.1. The summed E-state index contributed by atoms with van der Waals surface area (Å²) in [6.45, 7) is 1.51. The fourth-order valence-electron chi connectivity index (χ4n) is 2.59. The number of amides is 1. The number of carbonyl (C=O) groups is 1. The van der Waals surface area contributed by atoms with Crippen molar-refractivity contribution in [2.75, 3.05) is 24.5 Å². The van der Waals surface area contributed by atoms with Crippen molar-refractivity contribution in [2.24, 2.45) is 5.10 Å². The number of hydrogen-bond acceptors (Lipinski definition) is 7. The van der Waals surface area contributed by atoms with Crippen molar-refractivity contribution >= 4 is 35.4 Å². The second-order valence-corrected chi connectivity index (χ2v) is 6.80. The van der Waals surface area contributed by atoms with Crippen LogP contribution in [0.4, 0.5) is 11.6 Å². The summed E-state index contributed by atoms with van der Waals surface area (Å²) in [4.78, 5) is 30.2. The van der Waals surface area contributed by atoms with Crippen LogP contribution in [0.25, 0.3) is 0 Å². The SMILES string of the molecule is COc1cc(/C=N/Nc2nc(C)cc(=O)[nH]2)ccc1OCC(=O)Nc1cccc(Cl)c1. The molecule has 0 bridgehead atoms. The number of benzene rings is 2. The van der Waals surface area contributed by atoms with Crippen molar-refractivity contribution in [2.45, 2.75) is 6.92 Å². The Morgan fingerprint density at radius 1 is 1.23 bits per heavy atom. The van der Waals surface area contributed by atoms with E-state index in [1.165, 1.54) is 19.4 Å². The van der Waals surface area contributed by atoms with Gasteiger partial charge in [-0.25, -0.2) is 10.4 Å². The normalized spacial score (nSPS) is 10.7. The van der Waals surface area contributed by atoms with Crippen molar-refractivity contribution in [1.29, 1.82) is 0 Å². The van der Waals surface area contributed by atoms with Gasteiger partial charge in [0, 0.05) is 22.5 Å². The minimum absolute atomic E-state index is 0.204. The van der Waals surface area contributed by atoms with Gasteiger partial charge in [-0.05, 0) is 48.9 Å². The van der Waals surface area contributed by atoms with Gasteiger partial charge in [0.2, 0.25) is 5.95 Å². The van der Waals surface area contributed by atoms with Crippen LogP contribution in [0.1, 0.15) is 11.3 Å². The number of H-pyrrole nitrogens is 1. The van der Waals surface area contributed by atoms with Crippen LogP contribution in [-0.4, -0.2) is 35.8 Å². The Morgan fingerprint density at radius 2 is 2.06 bits per heavy atom. The minimum Gasteiger partial charge on any atom is -0.493 e. The van der Waals surface area contributed by atoms with Crippen molar-refractivity contribution in [3.63, 3.8) is 0 Å². The molecule has 0 fully saturated rings. The van der Waals surface area contributed by atoms with E-state index in [-0.39, 0.29) is 24.0 Å². The van der Waals surface area contributed by atoms with Gasteiger partial charge in [0.15, 0.2) is 18.1 Å². The fourth-order valence-corrected chi connectivity index (χ4v) is 2.78. The van der Waals surface area contributed by atoms with Gasteiger partial charge < -0.3 is 14.8 Å². The average Bonchev–Trinajstić information content (AvgIpc) is 2.72. The number of halogens is 1. The zero-order valence-electron chi connectivity index (χ0n) is 16.8. The number of nitrogens with one attached hydrogen (secondary N) is 3. The van der Waals surface area contributed by atoms with E-state index in [9.17, 15) is 9.59 Å². The van der Waals surface area contributed by atoms with E-state index in [0.29, 0.717) is 33.5 Å². The Bertz CT molecular complexity index is 1160. The number of hydrazone groups is 1. The molecule has 0 radical (unpaired) electrons. The van der Waals surface area contributed by atoms with Crippen molar-refractivity contribution in [3.8, 4) is 11.5 Å². The highest BCUT2D eigenvalue weighted by Gasteiger charge is 2.09. The van der Waals surface area contributed by atoms with E-state index in [4.69, 9.17) is 21.1 Å². The molecule has 1 heterocycles. The number of carbonyl (C=O) groups excluding carboxylic acids is 1. The van der Waals surface area contributed by atoms with Crippen LogP contribution in [0.15, 0.2) is 58.4 Å². The molecule has 1 amide bonds. The van der Waals surface area contributed by atoms with Crippen molar-refractivity contribution in [3.05, 3.63) is 75.2 Å². The highest BCUT2D eigenvalue weighted by Crippen LogP contribution is 2.27. The molecule has 10 heteroatoms. The first-order valence-corrected chi connectivity index (χ1v) is 9.54. The molecule has 3 rings (SSSR count). The van der Waals surface area contributed by atoms with Crippen LogP contribution >= 0.6 is 11.6 Å². The van der Waals surface area contributed by atoms with Gasteiger partial charge in [0.05, 0.1) is 13.3 Å². The minimum atomic E-state index is -0.334. The smallest absolute Gasteiger partial charge is 0.262 e. The monoisotopic (exact) mass is 441 g/mol. The van der Waals surface area contributed by atoms with Crippen LogP contribution in [0.2, 0.25) is 5.02 Å². The van der Waals surface area contributed by atoms with E-state index in [1.807, 2.05) is 0 Å². The Balaban J connectivity index is 1.60. The lowest BCUT2D eigenvalue weighted by Gasteiger charge is -2.11. The second-order valence-electron chi connectivity index (χ2n) is 6.36. The van der Waals surface area contributed by atoms with Crippen LogP contribution in [0.3, 0.4) is 0 Å². The molecule has 1 aromatic heterocycles. The largest absolute Gasteiger partial charge is 0.493 e. The number of anilines is 2. The number of methoxy groups -OCH3 is 1. The second kappa shape index (κ2) is 10.3. The highest BCUT2D eigenvalue weighted by molar-refractivity contribution is 6.30. The van der Waals surface area contributed by atoms with Gasteiger partial charge in [-0.1, -0.05) is 17.7 Å². The quantitative estimate of drug-likeness (QED) is 0.365. The van der Waals surface area contributed by atoms with Crippen LogP contribution in [0.5, 0.6) is 11.5 Å². The van der Waals surface area contributed by atoms with Gasteiger partial charge in [-0.3, -0.25) is 14.6 Å². The zero-order chi connectivity index (χ0) is 22.2. The van der Waals surface area contributed by atoms with E-state index in [0.717, 1.165) is 0 Å². The van der Waals surface area contributed by atoms with Crippen LogP contribution in [0, 0.1) is 6.92 Å². The number of aromatic nitrogens is 2. The Kier molecular flexibility index (Phi) is 7.23. The molecule has 0 unspecified atom stereocenters. The first kappa shape index (κ1) is 21.8. The van der Waals surface area contributed by atoms with Crippen molar-refractivity contribution < 1.29 is 14.3 Å². The topological polar surface area (TPSA) is 118 Å². The van der Waals surface area contributed by atoms with E-state index >= 15 is 0 Å². The molecule has 2 aromatic carbocycles. The summed E-state index contributed by atoms with van der Waals surface area (Å²) in [5.74, 6) is 0.734. The summed E-state index contributed by atoms with van der Waals surface area (Å²) < 4.78 is 10.9. The maximum Gasteiger partial charge on any atom is 0.262 e. The van der Waals surface area contributed by atoms with Crippen molar-refractivity contribution in [1.82, 2.24) is 9.97 Å². The summed E-state index contributed by atoms with van der Waals surface area (Å²) in [7, 11) is 1.49. The van der Waals surface area contributed by atoms with E-state index in [1.54, 1.807) is 49.4 Å². The third-order valence-electron chi connectivity index (χ3n) is 3.91. The summed E-state index contributed by atoms with van der Waals surface area (Å²) >= 11 is 5.91. The third-order valence-corrected chi connectivity index (χ3v) is 4.14. The number of rotatable bonds is 8. The zero-order valence-corrected chi connectivity index (χ0v) is 17.6. The molecule has 0 aliphatic rings. The number of hydrogen-bond donors (Lipinski definition) is 3. The predicted molar refractivity (Wildman–Crippen MR) is 119 cm³/mol. The molecule has 9 nitrogen and oxygen atoms in total. The lowest BCUT2D eigenvalue weighted by atomic mass is 10.2. The molecule has 0 aliphatic heterocycles. The third kappa shape index (κ3) is 6.58. The first-order chi connectivity index (χ1) is 14.9. The summed E-state index contributed by atoms with van der Waals surface area (Å²) in [6.07, 6.45) is 1.53. The number of nitrogens with zero attached hydrogens (tertiary/aromatic N) is 2. The molecule has 0 aliphatic carbocycles. The number of ether oxygens (including phenoxy) is 2. The molecule has 0 atom stereocenters. The lowest BCUT2D eigenvalue weighted by Crippen LogP contribution is -2.20. The molecule has 31 heavy (non-hydrogen) atoms. The summed E-state index contributed by atoms with van der Waals surface area (Å²) in [5.41, 5.74) is 4.25. The average molecular weight is 442 g/mol. The standard InChI is InChI=1S/C21H20ClN5O4/c1-13-8-19(28)26-21(24-13)27-23-11-14-6-7-17(18(9-14)30-2)31-12-20(29)25-16-5-3-4-15(22)10-16/h3-11H,12H2,1-2H3,(H,25,29)(H2,24,26,27,28)/b23-11+. The molecule has 3 aromatic rings. The molecular weight excluding hydrogens is 422 g/mol. The van der Waals surface area contributed by atoms with E-state index < -0.39 is 0 Å².